The van der Waals surface area contributed by atoms with E-state index in [1.807, 2.05) is 37.7 Å². The Hall–Kier alpha value is -0.823. The maximum Gasteiger partial charge on any atom is 0.639 e. The van der Waals surface area contributed by atoms with Crippen LogP contribution in [-0.2, 0) is 13.3 Å². The number of hydrogen-bond acceptors (Lipinski definition) is 5. The summed E-state index contributed by atoms with van der Waals surface area (Å²) in [6, 6.07) is 0. The minimum Gasteiger partial charge on any atom is -0.356 e. The van der Waals surface area contributed by atoms with E-state index < -0.39 is 8.97 Å². The highest BCUT2D eigenvalue weighted by Crippen LogP contribution is 2.23. The minimum absolute atomic E-state index is 0.565. The van der Waals surface area contributed by atoms with Crippen molar-refractivity contribution in [3.8, 4) is 0 Å². The highest BCUT2D eigenvalue weighted by atomic mass is 28.4. The zero-order valence-corrected chi connectivity index (χ0v) is 12.7. The summed E-state index contributed by atoms with van der Waals surface area (Å²) in [5.74, 6) is 0.972. The van der Waals surface area contributed by atoms with Crippen LogP contribution in [0.2, 0.25) is 0 Å². The molecule has 0 saturated carbocycles. The molecule has 0 spiro atoms. The SMILES string of the molecule is CCC=C1NC=CN1[Si](OCC)(OCC)OCC. The summed E-state index contributed by atoms with van der Waals surface area (Å²) < 4.78 is 19.6. The molecule has 0 amide bonds. The highest BCUT2D eigenvalue weighted by Gasteiger charge is 2.50. The van der Waals surface area contributed by atoms with Gasteiger partial charge in [0.05, 0.1) is 0 Å². The third kappa shape index (κ3) is 3.35. The molecule has 1 N–H and O–H groups in total. The Morgan fingerprint density at radius 1 is 1.11 bits per heavy atom. The quantitative estimate of drug-likeness (QED) is 0.686. The maximum absolute atomic E-state index is 5.86. The molecule has 1 heterocycles. The van der Waals surface area contributed by atoms with Gasteiger partial charge in [0.25, 0.3) is 0 Å². The topological polar surface area (TPSA) is 43.0 Å². The molecule has 0 aliphatic carbocycles. The summed E-state index contributed by atoms with van der Waals surface area (Å²) in [5, 5.41) is 3.19. The Morgan fingerprint density at radius 2 is 1.67 bits per heavy atom. The van der Waals surface area contributed by atoms with E-state index in [4.69, 9.17) is 13.3 Å². The molecule has 0 unspecified atom stereocenters. The van der Waals surface area contributed by atoms with Gasteiger partial charge in [-0.1, -0.05) is 6.92 Å². The van der Waals surface area contributed by atoms with Gasteiger partial charge in [0.15, 0.2) is 0 Å². The summed E-state index contributed by atoms with van der Waals surface area (Å²) in [4.78, 5) is 0. The number of hydrogen-bond donors (Lipinski definition) is 1. The zero-order valence-electron chi connectivity index (χ0n) is 11.7. The van der Waals surface area contributed by atoms with Gasteiger partial charge in [-0.25, -0.2) is 0 Å². The molecule has 0 radical (unpaired) electrons. The first-order valence-electron chi connectivity index (χ1n) is 6.58. The van der Waals surface area contributed by atoms with E-state index in [9.17, 15) is 0 Å². The predicted octanol–water partition coefficient (Wildman–Crippen LogP) is 2.16. The molecule has 104 valence electrons. The van der Waals surface area contributed by atoms with E-state index in [1.165, 1.54) is 0 Å². The van der Waals surface area contributed by atoms with Crippen molar-refractivity contribution >= 4 is 8.97 Å². The molecule has 0 bridgehead atoms. The normalized spacial score (nSPS) is 17.6. The molecule has 0 atom stereocenters. The molecule has 1 aliphatic rings. The van der Waals surface area contributed by atoms with Crippen LogP contribution in [0.5, 0.6) is 0 Å². The first kappa shape index (κ1) is 15.2. The Labute approximate surface area is 111 Å². The third-order valence-electron chi connectivity index (χ3n) is 2.39. The summed E-state index contributed by atoms with van der Waals surface area (Å²) in [6.07, 6.45) is 6.84. The van der Waals surface area contributed by atoms with Crippen LogP contribution in [0.1, 0.15) is 34.1 Å². The number of nitrogens with zero attached hydrogens (tertiary/aromatic N) is 1. The molecule has 0 aromatic rings. The van der Waals surface area contributed by atoms with Crippen molar-refractivity contribution in [1.29, 1.82) is 0 Å². The molecular formula is C12H24N2O3Si. The zero-order chi connectivity index (χ0) is 13.4. The van der Waals surface area contributed by atoms with E-state index >= 15 is 0 Å². The third-order valence-corrected chi connectivity index (χ3v) is 5.33. The second kappa shape index (κ2) is 7.58. The van der Waals surface area contributed by atoms with Crippen LogP contribution in [0.3, 0.4) is 0 Å². The molecule has 0 aromatic heterocycles. The predicted molar refractivity (Wildman–Crippen MR) is 73.1 cm³/mol. The Bertz CT molecular complexity index is 291. The smallest absolute Gasteiger partial charge is 0.356 e. The van der Waals surface area contributed by atoms with Crippen LogP contribution >= 0.6 is 0 Å². The largest absolute Gasteiger partial charge is 0.639 e. The summed E-state index contributed by atoms with van der Waals surface area (Å²) in [7, 11) is -2.85. The van der Waals surface area contributed by atoms with Gasteiger partial charge in [-0.3, -0.25) is 4.57 Å². The Kier molecular flexibility index (Phi) is 6.41. The van der Waals surface area contributed by atoms with Gasteiger partial charge in [-0.15, -0.1) is 0 Å². The van der Waals surface area contributed by atoms with Gasteiger partial charge in [0.1, 0.15) is 5.82 Å². The molecule has 1 rings (SSSR count). The number of nitrogens with one attached hydrogen (secondary N) is 1. The summed E-state index contributed by atoms with van der Waals surface area (Å²) >= 11 is 0. The highest BCUT2D eigenvalue weighted by molar-refractivity contribution is 6.58. The van der Waals surface area contributed by atoms with E-state index in [1.54, 1.807) is 0 Å². The first-order valence-corrected chi connectivity index (χ1v) is 8.25. The Balaban J connectivity index is 2.98. The van der Waals surface area contributed by atoms with E-state index in [-0.39, 0.29) is 0 Å². The number of rotatable bonds is 8. The summed E-state index contributed by atoms with van der Waals surface area (Å²) in [5.41, 5.74) is 0. The van der Waals surface area contributed by atoms with Gasteiger partial charge in [0.2, 0.25) is 0 Å². The molecule has 5 nitrogen and oxygen atoms in total. The lowest BCUT2D eigenvalue weighted by Gasteiger charge is -2.35. The molecular weight excluding hydrogens is 248 g/mol. The van der Waals surface area contributed by atoms with Gasteiger partial charge in [-0.2, -0.15) is 0 Å². The van der Waals surface area contributed by atoms with Crippen molar-refractivity contribution in [2.45, 2.75) is 34.1 Å². The van der Waals surface area contributed by atoms with E-state index in [0.29, 0.717) is 19.8 Å². The van der Waals surface area contributed by atoms with Crippen molar-refractivity contribution in [2.24, 2.45) is 0 Å². The minimum atomic E-state index is -2.85. The molecule has 0 aromatic carbocycles. The van der Waals surface area contributed by atoms with Crippen molar-refractivity contribution in [2.75, 3.05) is 19.8 Å². The molecule has 0 fully saturated rings. The van der Waals surface area contributed by atoms with Crippen molar-refractivity contribution in [3.63, 3.8) is 0 Å². The van der Waals surface area contributed by atoms with E-state index in [2.05, 4.69) is 18.3 Å². The Morgan fingerprint density at radius 3 is 2.11 bits per heavy atom. The average molecular weight is 272 g/mol. The lowest BCUT2D eigenvalue weighted by Crippen LogP contribution is -2.58. The van der Waals surface area contributed by atoms with E-state index in [0.717, 1.165) is 12.2 Å². The van der Waals surface area contributed by atoms with Crippen LogP contribution in [-0.4, -0.2) is 33.4 Å². The van der Waals surface area contributed by atoms with Gasteiger partial charge in [0, 0.05) is 32.2 Å². The fourth-order valence-corrected chi connectivity index (χ4v) is 4.29. The van der Waals surface area contributed by atoms with Crippen LogP contribution in [0.4, 0.5) is 0 Å². The number of allylic oxidation sites excluding steroid dienone is 1. The van der Waals surface area contributed by atoms with Crippen molar-refractivity contribution in [1.82, 2.24) is 9.88 Å². The fourth-order valence-electron chi connectivity index (χ4n) is 1.82. The lowest BCUT2D eigenvalue weighted by atomic mass is 10.4. The second-order valence-corrected chi connectivity index (χ2v) is 6.05. The van der Waals surface area contributed by atoms with Gasteiger partial charge in [-0.05, 0) is 33.3 Å². The second-order valence-electron chi connectivity index (χ2n) is 3.65. The van der Waals surface area contributed by atoms with Gasteiger partial charge < -0.3 is 18.6 Å². The first-order chi connectivity index (χ1) is 8.74. The van der Waals surface area contributed by atoms with Crippen LogP contribution in [0.25, 0.3) is 0 Å². The van der Waals surface area contributed by atoms with Crippen LogP contribution in [0.15, 0.2) is 24.3 Å². The molecule has 6 heteroatoms. The van der Waals surface area contributed by atoms with Crippen LogP contribution in [0, 0.1) is 0 Å². The van der Waals surface area contributed by atoms with Gasteiger partial charge >= 0.3 is 8.97 Å². The molecule has 18 heavy (non-hydrogen) atoms. The average Bonchev–Trinajstić information content (AvgIpc) is 2.79. The standard InChI is InChI=1S/C12H24N2O3Si/c1-5-9-12-13-10-11-14(12)18(15-6-2,16-7-3)17-8-4/h9-11,13H,5-8H2,1-4H3. The van der Waals surface area contributed by atoms with Crippen molar-refractivity contribution in [3.05, 3.63) is 24.3 Å². The monoisotopic (exact) mass is 272 g/mol. The lowest BCUT2D eigenvalue weighted by molar-refractivity contribution is 0.0369. The van der Waals surface area contributed by atoms with Crippen molar-refractivity contribution < 1.29 is 13.3 Å². The summed E-state index contributed by atoms with van der Waals surface area (Å²) in [6.45, 7) is 9.65. The fraction of sp³-hybridized carbons (Fsp3) is 0.667. The maximum atomic E-state index is 5.86. The molecule has 0 saturated heterocycles. The van der Waals surface area contributed by atoms with Crippen LogP contribution < -0.4 is 5.32 Å². The molecule has 1 aliphatic heterocycles.